The zero-order valence-electron chi connectivity index (χ0n) is 16.9. The number of hydrogen-bond acceptors (Lipinski definition) is 7. The van der Waals surface area contributed by atoms with Gasteiger partial charge in [0.15, 0.2) is 5.13 Å². The monoisotopic (exact) mass is 499 g/mol. The van der Waals surface area contributed by atoms with Gasteiger partial charge in [-0.1, -0.05) is 0 Å². The summed E-state index contributed by atoms with van der Waals surface area (Å²) in [5.41, 5.74) is -2.15. The number of fused-ring (bicyclic) bond motifs is 1. The first-order valence-corrected chi connectivity index (χ1v) is 10.8. The summed E-state index contributed by atoms with van der Waals surface area (Å²) in [7, 11) is 2.81. The molecule has 0 unspecified atom stereocenters. The van der Waals surface area contributed by atoms with Gasteiger partial charge in [0.05, 0.1) is 28.8 Å². The molecular weight excluding hydrogens is 486 g/mol. The normalized spacial score (nSPS) is 11.8. The van der Waals surface area contributed by atoms with E-state index in [1.807, 2.05) is 0 Å². The molecule has 3 heterocycles. The largest absolute Gasteiger partial charge is 0.419 e. The highest BCUT2D eigenvalue weighted by Crippen LogP contribution is 2.35. The van der Waals surface area contributed by atoms with Crippen molar-refractivity contribution in [3.63, 3.8) is 0 Å². The van der Waals surface area contributed by atoms with Crippen LogP contribution in [0.3, 0.4) is 0 Å². The summed E-state index contributed by atoms with van der Waals surface area (Å²) in [4.78, 5) is 41.4. The first kappa shape index (κ1) is 22.8. The number of nitrogens with one attached hydrogen (secondary N) is 1. The van der Waals surface area contributed by atoms with Crippen LogP contribution < -0.4 is 16.6 Å². The first-order valence-electron chi connectivity index (χ1n) is 9.14. The van der Waals surface area contributed by atoms with Crippen LogP contribution in [-0.2, 0) is 31.5 Å². The number of carbonyl (C=O) groups is 1. The Morgan fingerprint density at radius 1 is 1.18 bits per heavy atom. The highest BCUT2D eigenvalue weighted by Gasteiger charge is 2.34. The quantitative estimate of drug-likeness (QED) is 0.435. The van der Waals surface area contributed by atoms with Gasteiger partial charge in [-0.2, -0.15) is 17.5 Å². The predicted octanol–water partition coefficient (Wildman–Crippen LogP) is 3.16. The van der Waals surface area contributed by atoms with Gasteiger partial charge in [-0.05, 0) is 29.7 Å². The van der Waals surface area contributed by atoms with Crippen LogP contribution in [0.4, 0.5) is 22.7 Å². The van der Waals surface area contributed by atoms with Crippen LogP contribution in [0.15, 0.2) is 33.2 Å². The molecule has 172 valence electrons. The van der Waals surface area contributed by atoms with Gasteiger partial charge in [0, 0.05) is 25.0 Å². The second-order valence-electron chi connectivity index (χ2n) is 6.97. The van der Waals surface area contributed by atoms with E-state index in [1.54, 1.807) is 0 Å². The van der Waals surface area contributed by atoms with Crippen molar-refractivity contribution in [1.29, 1.82) is 0 Å². The Hall–Kier alpha value is -3.39. The number of halogens is 4. The number of rotatable bonds is 4. The van der Waals surface area contributed by atoms with Crippen molar-refractivity contribution in [2.75, 3.05) is 5.32 Å². The molecule has 3 aromatic heterocycles. The predicted molar refractivity (Wildman–Crippen MR) is 115 cm³/mol. The van der Waals surface area contributed by atoms with E-state index in [-0.39, 0.29) is 33.9 Å². The van der Waals surface area contributed by atoms with Crippen molar-refractivity contribution < 1.29 is 22.4 Å². The number of alkyl halides is 3. The SMILES string of the molecule is Cn1c(=O)c2c(CC(=O)Nc3nc(-c4ccc(F)c(C(F)(F)F)c4)cs3)nsc2n(C)c1=O. The number of carbonyl (C=O) groups excluding carboxylic acids is 1. The van der Waals surface area contributed by atoms with E-state index in [0.717, 1.165) is 33.5 Å². The van der Waals surface area contributed by atoms with Crippen molar-refractivity contribution in [3.8, 4) is 11.3 Å². The number of aromatic nitrogens is 4. The third kappa shape index (κ3) is 4.18. The van der Waals surface area contributed by atoms with Crippen molar-refractivity contribution >= 4 is 44.1 Å². The van der Waals surface area contributed by atoms with Crippen LogP contribution in [-0.4, -0.2) is 24.4 Å². The van der Waals surface area contributed by atoms with Crippen LogP contribution in [0.1, 0.15) is 11.3 Å². The molecule has 4 rings (SSSR count). The molecule has 0 aliphatic heterocycles. The molecule has 0 aliphatic rings. The van der Waals surface area contributed by atoms with Gasteiger partial charge in [0.1, 0.15) is 10.6 Å². The Kier molecular flexibility index (Phi) is 5.66. The molecule has 0 aliphatic carbocycles. The second-order valence-corrected chi connectivity index (χ2v) is 8.58. The molecule has 1 N–H and O–H groups in total. The summed E-state index contributed by atoms with van der Waals surface area (Å²) in [6.07, 6.45) is -5.14. The maximum Gasteiger partial charge on any atom is 0.419 e. The average Bonchev–Trinajstić information content (AvgIpc) is 3.37. The number of thiazole rings is 1. The summed E-state index contributed by atoms with van der Waals surface area (Å²) in [6, 6.07) is 2.51. The van der Waals surface area contributed by atoms with Crippen molar-refractivity contribution in [2.45, 2.75) is 12.6 Å². The smallest absolute Gasteiger partial charge is 0.302 e. The topological polar surface area (TPSA) is 98.9 Å². The summed E-state index contributed by atoms with van der Waals surface area (Å²) in [5.74, 6) is -1.96. The molecule has 14 heteroatoms. The van der Waals surface area contributed by atoms with E-state index in [2.05, 4.69) is 14.7 Å². The highest BCUT2D eigenvalue weighted by molar-refractivity contribution is 7.14. The van der Waals surface area contributed by atoms with Gasteiger partial charge in [-0.25, -0.2) is 14.2 Å². The van der Waals surface area contributed by atoms with E-state index in [0.29, 0.717) is 17.0 Å². The molecule has 1 aromatic carbocycles. The third-order valence-corrected chi connectivity index (χ3v) is 6.51. The Morgan fingerprint density at radius 3 is 2.61 bits per heavy atom. The zero-order chi connectivity index (χ0) is 24.1. The molecular formula is C19H13F4N5O3S2. The molecule has 0 fully saturated rings. The number of hydrogen-bond donors (Lipinski definition) is 1. The second kappa shape index (κ2) is 8.19. The molecule has 0 spiro atoms. The lowest BCUT2D eigenvalue weighted by Gasteiger charge is -2.09. The Bertz CT molecular complexity index is 1520. The molecule has 8 nitrogen and oxygen atoms in total. The van der Waals surface area contributed by atoms with Crippen molar-refractivity contribution in [3.05, 3.63) is 61.5 Å². The molecule has 0 radical (unpaired) electrons. The first-order chi connectivity index (χ1) is 15.5. The summed E-state index contributed by atoms with van der Waals surface area (Å²) < 4.78 is 58.7. The Labute approximate surface area is 189 Å². The minimum absolute atomic E-state index is 0.0374. The van der Waals surface area contributed by atoms with E-state index >= 15 is 0 Å². The van der Waals surface area contributed by atoms with Crippen molar-refractivity contribution in [2.24, 2.45) is 14.1 Å². The standard InChI is InChI=1S/C19H13F4N5O3S2/c1-27-15(30)14-11(26-33-16(14)28(2)18(27)31)6-13(29)25-17-24-12(7-32-17)8-3-4-10(20)9(5-8)19(21,22)23/h3-5,7H,6H2,1-2H3,(H,24,25,29). The minimum atomic E-state index is -4.86. The highest BCUT2D eigenvalue weighted by atomic mass is 32.1. The van der Waals surface area contributed by atoms with E-state index < -0.39 is 34.7 Å². The van der Waals surface area contributed by atoms with Crippen LogP contribution >= 0.6 is 22.9 Å². The van der Waals surface area contributed by atoms with E-state index in [9.17, 15) is 31.9 Å². The van der Waals surface area contributed by atoms with Gasteiger partial charge in [-0.15, -0.1) is 11.3 Å². The fraction of sp³-hybridized carbons (Fsp3) is 0.211. The minimum Gasteiger partial charge on any atom is -0.302 e. The molecule has 0 bridgehead atoms. The van der Waals surface area contributed by atoms with Gasteiger partial charge >= 0.3 is 11.9 Å². The lowest BCUT2D eigenvalue weighted by molar-refractivity contribution is -0.140. The maximum atomic E-state index is 13.5. The Balaban J connectivity index is 1.56. The van der Waals surface area contributed by atoms with Crippen LogP contribution in [0, 0.1) is 5.82 Å². The zero-order valence-corrected chi connectivity index (χ0v) is 18.5. The molecule has 4 aromatic rings. The number of aryl methyl sites for hydroxylation is 1. The van der Waals surface area contributed by atoms with Crippen LogP contribution in [0.25, 0.3) is 21.5 Å². The third-order valence-electron chi connectivity index (χ3n) is 4.79. The number of amides is 1. The summed E-state index contributed by atoms with van der Waals surface area (Å²) in [5, 5.41) is 4.20. The lowest BCUT2D eigenvalue weighted by Crippen LogP contribution is -2.36. The van der Waals surface area contributed by atoms with E-state index in [4.69, 9.17) is 0 Å². The van der Waals surface area contributed by atoms with Gasteiger partial charge in [0.25, 0.3) is 5.56 Å². The number of anilines is 1. The molecule has 1 amide bonds. The number of nitrogens with zero attached hydrogens (tertiary/aromatic N) is 4. The maximum absolute atomic E-state index is 13.5. The van der Waals surface area contributed by atoms with Crippen LogP contribution in [0.5, 0.6) is 0 Å². The van der Waals surface area contributed by atoms with Gasteiger partial charge < -0.3 is 5.32 Å². The number of benzene rings is 1. The molecule has 0 saturated heterocycles. The molecule has 33 heavy (non-hydrogen) atoms. The average molecular weight is 499 g/mol. The van der Waals surface area contributed by atoms with Crippen LogP contribution in [0.2, 0.25) is 0 Å². The summed E-state index contributed by atoms with van der Waals surface area (Å²) >= 11 is 1.89. The van der Waals surface area contributed by atoms with Crippen molar-refractivity contribution in [1.82, 2.24) is 18.5 Å². The fourth-order valence-corrected chi connectivity index (χ4v) is 4.71. The fourth-order valence-electron chi connectivity index (χ4n) is 3.13. The molecule has 0 saturated carbocycles. The van der Waals surface area contributed by atoms with E-state index in [1.165, 1.54) is 24.0 Å². The molecule has 0 atom stereocenters. The Morgan fingerprint density at radius 2 is 1.91 bits per heavy atom. The lowest BCUT2D eigenvalue weighted by atomic mass is 10.1. The van der Waals surface area contributed by atoms with Gasteiger partial charge in [0.2, 0.25) is 5.91 Å². The van der Waals surface area contributed by atoms with Gasteiger partial charge in [-0.3, -0.25) is 18.7 Å². The summed E-state index contributed by atoms with van der Waals surface area (Å²) in [6.45, 7) is 0.